The van der Waals surface area contributed by atoms with Crippen molar-refractivity contribution in [3.8, 4) is 11.5 Å². The summed E-state index contributed by atoms with van der Waals surface area (Å²) in [6.45, 7) is 11.1. The molecule has 0 saturated carbocycles. The Morgan fingerprint density at radius 2 is 1.50 bits per heavy atom. The van der Waals surface area contributed by atoms with Crippen molar-refractivity contribution in [3.63, 3.8) is 0 Å². The topological polar surface area (TPSA) is 97.1 Å². The number of methoxy groups -OCH3 is 2. The van der Waals surface area contributed by atoms with Crippen molar-refractivity contribution in [2.75, 3.05) is 26.6 Å². The van der Waals surface area contributed by atoms with E-state index in [2.05, 4.69) is 61.7 Å². The van der Waals surface area contributed by atoms with E-state index in [1.54, 1.807) is 32.3 Å². The van der Waals surface area contributed by atoms with E-state index in [0.29, 0.717) is 0 Å². The Bertz CT molecular complexity index is 1930. The first-order valence-corrected chi connectivity index (χ1v) is 21.8. The summed E-state index contributed by atoms with van der Waals surface area (Å²) in [7, 11) is 0.935. The van der Waals surface area contributed by atoms with Crippen LogP contribution in [0.1, 0.15) is 55.7 Å². The minimum Gasteiger partial charge on any atom is -0.497 e. The van der Waals surface area contributed by atoms with Crippen LogP contribution in [-0.2, 0) is 25.9 Å². The Hall–Kier alpha value is -3.71. The van der Waals surface area contributed by atoms with Crippen LogP contribution in [0.2, 0.25) is 18.1 Å². The molecule has 0 amide bonds. The summed E-state index contributed by atoms with van der Waals surface area (Å²) in [5, 5.41) is 14.3. The van der Waals surface area contributed by atoms with Gasteiger partial charge in [-0.25, -0.2) is 9.97 Å². The monoisotopic (exact) mass is 739 g/mol. The predicted molar refractivity (Wildman–Crippen MR) is 207 cm³/mol. The third-order valence-electron chi connectivity index (χ3n) is 10.9. The van der Waals surface area contributed by atoms with E-state index < -0.39 is 38.5 Å². The van der Waals surface area contributed by atoms with E-state index in [9.17, 15) is 5.11 Å². The van der Waals surface area contributed by atoms with Gasteiger partial charge in [0.05, 0.1) is 26.2 Å². The molecule has 0 aliphatic carbocycles. The van der Waals surface area contributed by atoms with Crippen LogP contribution in [0.25, 0.3) is 11.0 Å². The van der Waals surface area contributed by atoms with Crippen molar-refractivity contribution in [2.24, 2.45) is 0 Å². The van der Waals surface area contributed by atoms with Crippen LogP contribution >= 0.6 is 11.8 Å². The molecule has 52 heavy (non-hydrogen) atoms. The summed E-state index contributed by atoms with van der Waals surface area (Å²) in [6.07, 6.45) is 2.76. The molecule has 2 aliphatic heterocycles. The Morgan fingerprint density at radius 3 is 2.10 bits per heavy atom. The number of aromatic nitrogens is 3. The maximum Gasteiger partial charge on any atom is 0.192 e. The highest BCUT2D eigenvalue weighted by molar-refractivity contribution is 7.99. The predicted octanol–water partition coefficient (Wildman–Crippen LogP) is 8.14. The lowest BCUT2D eigenvalue weighted by atomic mass is 9.80. The maximum absolute atomic E-state index is 12.3. The largest absolute Gasteiger partial charge is 0.497 e. The lowest BCUT2D eigenvalue weighted by molar-refractivity contribution is -0.0939. The SMILES string of the molecule is COc1ccc(C(OC[C@H]2O[C@@H](n3cc4c5c(ncnc53)SCCC4)[C@H](O[Si](C)(C)C(C)(C)C)[C@@H]2O)(c2ccccc2)c2ccc(OC)cc2)cc1. The quantitative estimate of drug-likeness (QED) is 0.0818. The van der Waals surface area contributed by atoms with Gasteiger partial charge in [0.25, 0.3) is 0 Å². The van der Waals surface area contributed by atoms with Crippen LogP contribution in [0.15, 0.2) is 96.4 Å². The summed E-state index contributed by atoms with van der Waals surface area (Å²) in [5.41, 5.74) is 3.66. The number of aryl methyl sites for hydroxylation is 1. The molecule has 1 N–H and O–H groups in total. The van der Waals surface area contributed by atoms with Crippen molar-refractivity contribution in [2.45, 2.75) is 86.9 Å². The third-order valence-corrected chi connectivity index (χ3v) is 16.5. The highest BCUT2D eigenvalue weighted by atomic mass is 32.2. The number of aliphatic hydroxyl groups is 1. The molecular weight excluding hydrogens is 691 g/mol. The Balaban J connectivity index is 1.31. The van der Waals surface area contributed by atoms with Crippen molar-refractivity contribution in [3.05, 3.63) is 114 Å². The van der Waals surface area contributed by atoms with Crippen LogP contribution in [-0.4, -0.2) is 72.9 Å². The van der Waals surface area contributed by atoms with Gasteiger partial charge in [-0.2, -0.15) is 0 Å². The fourth-order valence-electron chi connectivity index (χ4n) is 7.06. The first kappa shape index (κ1) is 36.6. The minimum absolute atomic E-state index is 0.0735. The van der Waals surface area contributed by atoms with Crippen LogP contribution in [0.5, 0.6) is 11.5 Å². The summed E-state index contributed by atoms with van der Waals surface area (Å²) in [5.74, 6) is 2.50. The average Bonchev–Trinajstić information content (AvgIpc) is 3.58. The van der Waals surface area contributed by atoms with Gasteiger partial charge < -0.3 is 33.0 Å². The molecule has 0 unspecified atom stereocenters. The number of hydrogen-bond acceptors (Lipinski definition) is 9. The van der Waals surface area contributed by atoms with Gasteiger partial charge in [0.1, 0.15) is 52.4 Å². The van der Waals surface area contributed by atoms with Gasteiger partial charge in [-0.05, 0) is 83.2 Å². The zero-order valence-corrected chi connectivity index (χ0v) is 32.9. The first-order chi connectivity index (χ1) is 25.0. The highest BCUT2D eigenvalue weighted by Crippen LogP contribution is 2.46. The number of aliphatic hydroxyl groups excluding tert-OH is 1. The van der Waals surface area contributed by atoms with Crippen molar-refractivity contribution in [1.29, 1.82) is 0 Å². The van der Waals surface area contributed by atoms with Crippen molar-refractivity contribution >= 4 is 31.1 Å². The summed E-state index contributed by atoms with van der Waals surface area (Å²) >= 11 is 1.77. The standard InChI is InChI=1S/C41H49N3O6SSi/c1-40(2,3)52(6,7)50-36-35(45)33(49-39(36)44-24-27-12-11-23-51-38-34(27)37(44)42-26-43-38)25-48-41(28-13-9-8-10-14-28,29-15-19-31(46-4)20-16-29)30-17-21-32(47-5)22-18-30/h8-10,13-22,24,26,33,35-36,39,45H,11-12,23,25H2,1-7H3/t33-,35-,36-,39-/m1/s1. The van der Waals surface area contributed by atoms with Gasteiger partial charge in [-0.1, -0.05) is 75.4 Å². The zero-order chi connectivity index (χ0) is 36.7. The van der Waals surface area contributed by atoms with E-state index in [1.807, 2.05) is 66.7 Å². The fourth-order valence-corrected chi connectivity index (χ4v) is 9.32. The summed E-state index contributed by atoms with van der Waals surface area (Å²) < 4.78 is 34.4. The molecule has 2 aliphatic rings. The maximum atomic E-state index is 12.3. The first-order valence-electron chi connectivity index (χ1n) is 17.9. The molecule has 1 saturated heterocycles. The molecule has 0 spiro atoms. The molecule has 7 rings (SSSR count). The number of ether oxygens (including phenoxy) is 4. The van der Waals surface area contributed by atoms with Gasteiger partial charge in [0.2, 0.25) is 0 Å². The molecule has 5 aromatic rings. The van der Waals surface area contributed by atoms with Crippen LogP contribution in [0.4, 0.5) is 0 Å². The minimum atomic E-state index is -2.38. The molecule has 0 radical (unpaired) electrons. The van der Waals surface area contributed by atoms with Crippen LogP contribution < -0.4 is 9.47 Å². The summed E-state index contributed by atoms with van der Waals surface area (Å²) in [4.78, 5) is 9.40. The molecule has 11 heteroatoms. The van der Waals surface area contributed by atoms with Gasteiger partial charge in [-0.3, -0.25) is 0 Å². The van der Waals surface area contributed by atoms with E-state index in [4.69, 9.17) is 28.4 Å². The second-order valence-electron chi connectivity index (χ2n) is 15.1. The average molecular weight is 740 g/mol. The second-order valence-corrected chi connectivity index (χ2v) is 20.9. The fraction of sp³-hybridized carbons (Fsp3) is 0.415. The van der Waals surface area contributed by atoms with E-state index in [-0.39, 0.29) is 11.6 Å². The van der Waals surface area contributed by atoms with Crippen molar-refractivity contribution < 1.29 is 28.5 Å². The van der Waals surface area contributed by atoms with Crippen molar-refractivity contribution in [1.82, 2.24) is 14.5 Å². The normalized spacial score (nSPS) is 20.9. The Morgan fingerprint density at radius 1 is 0.885 bits per heavy atom. The molecule has 1 fully saturated rings. The Labute approximate surface area is 311 Å². The number of benzene rings is 3. The second kappa shape index (κ2) is 14.6. The van der Waals surface area contributed by atoms with Gasteiger partial charge in [-0.15, -0.1) is 11.8 Å². The molecule has 9 nitrogen and oxygen atoms in total. The van der Waals surface area contributed by atoms with E-state index in [0.717, 1.165) is 62.8 Å². The lowest BCUT2D eigenvalue weighted by Gasteiger charge is -2.40. The smallest absolute Gasteiger partial charge is 0.192 e. The highest BCUT2D eigenvalue weighted by Gasteiger charge is 2.52. The summed E-state index contributed by atoms with van der Waals surface area (Å²) in [6, 6.07) is 26.0. The van der Waals surface area contributed by atoms with Gasteiger partial charge in [0, 0.05) is 6.20 Å². The molecule has 274 valence electrons. The molecule has 2 aromatic heterocycles. The van der Waals surface area contributed by atoms with Gasteiger partial charge in [0.15, 0.2) is 14.5 Å². The molecular formula is C41H49N3O6SSi. The van der Waals surface area contributed by atoms with Crippen LogP contribution in [0.3, 0.4) is 0 Å². The number of rotatable bonds is 11. The Kier molecular flexibility index (Phi) is 10.3. The number of thioether (sulfide) groups is 1. The van der Waals surface area contributed by atoms with Crippen LogP contribution in [0, 0.1) is 0 Å². The van der Waals surface area contributed by atoms with E-state index in [1.165, 1.54) is 5.56 Å². The number of nitrogens with zero attached hydrogens (tertiary/aromatic N) is 3. The van der Waals surface area contributed by atoms with E-state index >= 15 is 0 Å². The molecule has 0 bridgehead atoms. The zero-order valence-electron chi connectivity index (χ0n) is 31.0. The lowest BCUT2D eigenvalue weighted by Crippen LogP contribution is -2.49. The van der Waals surface area contributed by atoms with Gasteiger partial charge >= 0.3 is 0 Å². The third kappa shape index (κ3) is 6.67. The molecule has 4 heterocycles. The molecule has 3 aromatic carbocycles. The molecule has 4 atom stereocenters. The number of hydrogen-bond donors (Lipinski definition) is 1.